The molecule has 2 aromatic rings. The molecule has 112 valence electrons. The van der Waals surface area contributed by atoms with E-state index in [1.807, 2.05) is 50.3 Å². The second-order valence-corrected chi connectivity index (χ2v) is 4.89. The molecule has 1 aromatic carbocycles. The summed E-state index contributed by atoms with van der Waals surface area (Å²) in [5.41, 5.74) is 6.86. The van der Waals surface area contributed by atoms with Crippen LogP contribution in [0.25, 0.3) is 0 Å². The van der Waals surface area contributed by atoms with Crippen molar-refractivity contribution in [3.05, 3.63) is 29.8 Å². The van der Waals surface area contributed by atoms with Gasteiger partial charge in [-0.1, -0.05) is 12.1 Å². The number of aromatic nitrogens is 3. The van der Waals surface area contributed by atoms with E-state index in [9.17, 15) is 0 Å². The number of rotatable bonds is 5. The minimum absolute atomic E-state index is 0.213. The highest BCUT2D eigenvalue weighted by atomic mass is 16.5. The molecule has 0 aliphatic heterocycles. The zero-order valence-electron chi connectivity index (χ0n) is 12.7. The Morgan fingerprint density at radius 2 is 1.62 bits per heavy atom. The van der Waals surface area contributed by atoms with E-state index in [0.717, 1.165) is 11.3 Å². The Morgan fingerprint density at radius 3 is 2.19 bits per heavy atom. The molecule has 0 radical (unpaired) electrons. The normalized spacial score (nSPS) is 10.3. The second-order valence-electron chi connectivity index (χ2n) is 4.89. The zero-order chi connectivity index (χ0) is 15.4. The molecule has 0 unspecified atom stereocenters. The number of hydrogen-bond donors (Lipinski definition) is 1. The molecule has 0 aliphatic carbocycles. The van der Waals surface area contributed by atoms with Crippen molar-refractivity contribution in [3.8, 4) is 5.75 Å². The maximum absolute atomic E-state index is 5.73. The first-order valence-electron chi connectivity index (χ1n) is 6.52. The lowest BCUT2D eigenvalue weighted by Crippen LogP contribution is -2.22. The molecule has 0 aliphatic rings. The van der Waals surface area contributed by atoms with Crippen molar-refractivity contribution in [3.63, 3.8) is 0 Å². The van der Waals surface area contributed by atoms with Gasteiger partial charge in [-0.3, -0.25) is 0 Å². The Kier molecular flexibility index (Phi) is 4.42. The van der Waals surface area contributed by atoms with Gasteiger partial charge in [-0.05, 0) is 17.7 Å². The molecular weight excluding hydrogens is 268 g/mol. The summed E-state index contributed by atoms with van der Waals surface area (Å²) in [6, 6.07) is 7.87. The van der Waals surface area contributed by atoms with Gasteiger partial charge in [0.1, 0.15) is 5.75 Å². The zero-order valence-corrected chi connectivity index (χ0v) is 12.7. The number of nitrogen functional groups attached to an aromatic ring is 1. The van der Waals surface area contributed by atoms with Crippen LogP contribution in [0, 0.1) is 0 Å². The fourth-order valence-electron chi connectivity index (χ4n) is 1.82. The van der Waals surface area contributed by atoms with E-state index in [2.05, 4.69) is 15.0 Å². The molecule has 0 saturated heterocycles. The van der Waals surface area contributed by atoms with Crippen LogP contribution in [0.2, 0.25) is 0 Å². The monoisotopic (exact) mass is 288 g/mol. The molecule has 0 bridgehead atoms. The summed E-state index contributed by atoms with van der Waals surface area (Å²) < 4.78 is 5.15. The first-order chi connectivity index (χ1) is 9.99. The van der Waals surface area contributed by atoms with E-state index in [0.29, 0.717) is 18.4 Å². The van der Waals surface area contributed by atoms with Gasteiger partial charge in [0.05, 0.1) is 7.11 Å². The highest BCUT2D eigenvalue weighted by Crippen LogP contribution is 2.17. The van der Waals surface area contributed by atoms with Crippen molar-refractivity contribution in [2.75, 3.05) is 43.8 Å². The molecule has 0 spiro atoms. The molecular formula is C14H20N6O. The topological polar surface area (TPSA) is 80.4 Å². The molecule has 7 nitrogen and oxygen atoms in total. The van der Waals surface area contributed by atoms with Crippen molar-refractivity contribution in [1.29, 1.82) is 0 Å². The first kappa shape index (κ1) is 14.8. The van der Waals surface area contributed by atoms with E-state index in [1.54, 1.807) is 12.0 Å². The molecule has 0 fully saturated rings. The fourth-order valence-corrected chi connectivity index (χ4v) is 1.82. The Morgan fingerprint density at radius 1 is 1.00 bits per heavy atom. The van der Waals surface area contributed by atoms with Gasteiger partial charge >= 0.3 is 0 Å². The third kappa shape index (κ3) is 3.71. The fraction of sp³-hybridized carbons (Fsp3) is 0.357. The summed E-state index contributed by atoms with van der Waals surface area (Å²) in [5.74, 6) is 2.13. The number of nitrogens with two attached hydrogens (primary N) is 1. The van der Waals surface area contributed by atoms with Crippen molar-refractivity contribution in [2.24, 2.45) is 0 Å². The van der Waals surface area contributed by atoms with Gasteiger partial charge in [0, 0.05) is 27.7 Å². The van der Waals surface area contributed by atoms with Crippen LogP contribution < -0.4 is 20.3 Å². The van der Waals surface area contributed by atoms with Crippen LogP contribution in [0.15, 0.2) is 24.3 Å². The number of benzene rings is 1. The van der Waals surface area contributed by atoms with Crippen LogP contribution in [0.4, 0.5) is 17.8 Å². The van der Waals surface area contributed by atoms with E-state index in [1.165, 1.54) is 0 Å². The quantitative estimate of drug-likeness (QED) is 0.884. The number of hydrogen-bond acceptors (Lipinski definition) is 7. The molecule has 0 amide bonds. The number of anilines is 3. The van der Waals surface area contributed by atoms with Crippen molar-refractivity contribution >= 4 is 17.8 Å². The van der Waals surface area contributed by atoms with Crippen LogP contribution in [0.1, 0.15) is 5.56 Å². The summed E-state index contributed by atoms with van der Waals surface area (Å²) in [5, 5.41) is 0. The number of nitrogens with zero attached hydrogens (tertiary/aromatic N) is 5. The Bertz CT molecular complexity index is 599. The Labute approximate surface area is 124 Å². The predicted octanol–water partition coefficient (Wildman–Crippen LogP) is 1.16. The molecule has 2 N–H and O–H groups in total. The van der Waals surface area contributed by atoms with Crippen LogP contribution in [-0.4, -0.2) is 43.2 Å². The van der Waals surface area contributed by atoms with Crippen molar-refractivity contribution < 1.29 is 4.74 Å². The summed E-state index contributed by atoms with van der Waals surface area (Å²) in [6.45, 7) is 0.667. The number of methoxy groups -OCH3 is 1. The smallest absolute Gasteiger partial charge is 0.231 e. The highest BCUT2D eigenvalue weighted by molar-refractivity contribution is 5.43. The van der Waals surface area contributed by atoms with Crippen LogP contribution in [0.3, 0.4) is 0 Å². The second kappa shape index (κ2) is 6.25. The molecule has 1 aromatic heterocycles. The van der Waals surface area contributed by atoms with Gasteiger partial charge in [0.15, 0.2) is 0 Å². The first-order valence-corrected chi connectivity index (χ1v) is 6.52. The summed E-state index contributed by atoms with van der Waals surface area (Å²) >= 11 is 0. The average molecular weight is 288 g/mol. The van der Waals surface area contributed by atoms with Gasteiger partial charge in [-0.25, -0.2) is 0 Å². The minimum Gasteiger partial charge on any atom is -0.497 e. The van der Waals surface area contributed by atoms with Gasteiger partial charge in [-0.2, -0.15) is 15.0 Å². The van der Waals surface area contributed by atoms with Gasteiger partial charge < -0.3 is 20.3 Å². The van der Waals surface area contributed by atoms with E-state index >= 15 is 0 Å². The maximum atomic E-state index is 5.73. The summed E-state index contributed by atoms with van der Waals surface area (Å²) in [6.07, 6.45) is 0. The lowest BCUT2D eigenvalue weighted by Gasteiger charge is -2.19. The minimum atomic E-state index is 0.213. The van der Waals surface area contributed by atoms with Crippen LogP contribution in [0.5, 0.6) is 5.75 Å². The molecule has 0 saturated carbocycles. The van der Waals surface area contributed by atoms with Gasteiger partial charge in [0.25, 0.3) is 0 Å². The van der Waals surface area contributed by atoms with Crippen molar-refractivity contribution in [2.45, 2.75) is 6.54 Å². The molecule has 21 heavy (non-hydrogen) atoms. The molecule has 0 atom stereocenters. The molecule has 7 heteroatoms. The number of ether oxygens (including phenoxy) is 1. The predicted molar refractivity (Wildman–Crippen MR) is 83.7 cm³/mol. The highest BCUT2D eigenvalue weighted by Gasteiger charge is 2.10. The Balaban J connectivity index is 2.17. The SMILES string of the molecule is COc1ccc(CN(C)c2nc(N)nc(N(C)C)n2)cc1. The maximum Gasteiger partial charge on any atom is 0.231 e. The van der Waals surface area contributed by atoms with Crippen LogP contribution >= 0.6 is 0 Å². The van der Waals surface area contributed by atoms with E-state index in [-0.39, 0.29) is 5.95 Å². The lowest BCUT2D eigenvalue weighted by atomic mass is 10.2. The summed E-state index contributed by atoms with van der Waals surface area (Å²) in [4.78, 5) is 16.4. The van der Waals surface area contributed by atoms with E-state index in [4.69, 9.17) is 10.5 Å². The standard InChI is InChI=1S/C14H20N6O/c1-19(2)13-16-12(15)17-14(18-13)20(3)9-10-5-7-11(21-4)8-6-10/h5-8H,9H2,1-4H3,(H2,15,16,17,18). The Hall–Kier alpha value is -2.57. The van der Waals surface area contributed by atoms with Gasteiger partial charge in [-0.15, -0.1) is 0 Å². The average Bonchev–Trinajstić information content (AvgIpc) is 2.47. The van der Waals surface area contributed by atoms with Gasteiger partial charge in [0.2, 0.25) is 17.8 Å². The van der Waals surface area contributed by atoms with Crippen LogP contribution in [-0.2, 0) is 6.54 Å². The largest absolute Gasteiger partial charge is 0.497 e. The molecule has 2 rings (SSSR count). The third-order valence-corrected chi connectivity index (χ3v) is 2.95. The molecule has 1 heterocycles. The summed E-state index contributed by atoms with van der Waals surface area (Å²) in [7, 11) is 7.29. The van der Waals surface area contributed by atoms with Crippen molar-refractivity contribution in [1.82, 2.24) is 15.0 Å². The lowest BCUT2D eigenvalue weighted by molar-refractivity contribution is 0.414. The third-order valence-electron chi connectivity index (χ3n) is 2.95. The van der Waals surface area contributed by atoms with E-state index < -0.39 is 0 Å².